The Morgan fingerprint density at radius 1 is 1.07 bits per heavy atom. The van der Waals surface area contributed by atoms with Gasteiger partial charge in [-0.3, -0.25) is 4.57 Å². The lowest BCUT2D eigenvalue weighted by molar-refractivity contribution is -0.128. The molecule has 13 heteroatoms. The number of nitrogen functional groups attached to an aromatic ring is 1. The average molecular weight is 391 g/mol. The van der Waals surface area contributed by atoms with Crippen LogP contribution in [0.1, 0.15) is 6.23 Å². The molecule has 152 valence electrons. The van der Waals surface area contributed by atoms with Crippen molar-refractivity contribution in [2.45, 2.75) is 49.1 Å². The summed E-state index contributed by atoms with van der Waals surface area (Å²) in [5.41, 5.74) is 4.72. The number of aliphatic hydroxyl groups excluding tert-OH is 6. The summed E-state index contributed by atoms with van der Waals surface area (Å²) in [6.07, 6.45) is -9.82. The van der Waals surface area contributed by atoms with Crippen molar-refractivity contribution in [3.8, 4) is 5.75 Å². The molecule has 1 aromatic rings. The van der Waals surface area contributed by atoms with E-state index >= 15 is 0 Å². The molecule has 27 heavy (non-hydrogen) atoms. The highest BCUT2D eigenvalue weighted by molar-refractivity contribution is 5.43. The van der Waals surface area contributed by atoms with E-state index in [1.54, 1.807) is 0 Å². The molecule has 0 spiro atoms. The second kappa shape index (κ2) is 7.65. The highest BCUT2D eigenvalue weighted by atomic mass is 16.7. The Balaban J connectivity index is 1.88. The fourth-order valence-corrected chi connectivity index (χ4v) is 2.99. The maximum absolute atomic E-state index is 12.1. The van der Waals surface area contributed by atoms with Crippen molar-refractivity contribution < 1.29 is 44.8 Å². The van der Waals surface area contributed by atoms with Crippen molar-refractivity contribution in [1.29, 1.82) is 0 Å². The molecule has 13 nitrogen and oxygen atoms in total. The second-order valence-electron chi connectivity index (χ2n) is 6.23. The van der Waals surface area contributed by atoms with E-state index in [-0.39, 0.29) is 11.6 Å². The number of nitrogens with two attached hydrogens (primary N) is 1. The molecule has 0 radical (unpaired) electrons. The molecule has 0 bridgehead atoms. The molecule has 2 aliphatic rings. The molecule has 0 amide bonds. The first kappa shape index (κ1) is 19.9. The average Bonchev–Trinajstić information content (AvgIpc) is 3.07. The van der Waals surface area contributed by atoms with Gasteiger partial charge in [0, 0.05) is 0 Å². The molecule has 2 aliphatic heterocycles. The lowest BCUT2D eigenvalue weighted by Crippen LogP contribution is -2.40. The van der Waals surface area contributed by atoms with Gasteiger partial charge in [-0.25, -0.2) is 4.79 Å². The first-order valence-electron chi connectivity index (χ1n) is 8.08. The molecule has 3 heterocycles. The van der Waals surface area contributed by atoms with E-state index in [1.807, 2.05) is 0 Å². The van der Waals surface area contributed by atoms with Crippen molar-refractivity contribution >= 4 is 5.82 Å². The van der Waals surface area contributed by atoms with Crippen LogP contribution in [0.3, 0.4) is 0 Å². The predicted octanol–water partition coefficient (Wildman–Crippen LogP) is -4.75. The van der Waals surface area contributed by atoms with Crippen LogP contribution in [0.5, 0.6) is 5.75 Å². The lowest BCUT2D eigenvalue weighted by Gasteiger charge is -2.22. The molecule has 8 N–H and O–H groups in total. The third-order valence-electron chi connectivity index (χ3n) is 4.49. The Labute approximate surface area is 151 Å². The van der Waals surface area contributed by atoms with Crippen molar-refractivity contribution in [2.75, 3.05) is 18.9 Å². The lowest BCUT2D eigenvalue weighted by atomic mass is 10.1. The molecule has 2 saturated heterocycles. The molecule has 2 fully saturated rings. The number of hydrogen-bond donors (Lipinski definition) is 7. The number of ether oxygens (including phenoxy) is 3. The summed E-state index contributed by atoms with van der Waals surface area (Å²) in [7, 11) is 0. The molecule has 2 unspecified atom stereocenters. The first-order chi connectivity index (χ1) is 12.8. The molecule has 1 aromatic heterocycles. The Bertz CT molecular complexity index is 730. The third-order valence-corrected chi connectivity index (χ3v) is 4.49. The maximum atomic E-state index is 12.1. The van der Waals surface area contributed by atoms with Crippen LogP contribution in [0.25, 0.3) is 0 Å². The zero-order chi connectivity index (χ0) is 19.9. The molecule has 8 atom stereocenters. The minimum atomic E-state index is -1.58. The maximum Gasteiger partial charge on any atom is 0.351 e. The van der Waals surface area contributed by atoms with Gasteiger partial charge in [-0.2, -0.15) is 4.98 Å². The summed E-state index contributed by atoms with van der Waals surface area (Å²) < 4.78 is 16.4. The topological polar surface area (TPSA) is 210 Å². The first-order valence-corrected chi connectivity index (χ1v) is 8.08. The molecule has 0 aliphatic carbocycles. The number of aliphatic hydroxyl groups is 6. The van der Waals surface area contributed by atoms with Gasteiger partial charge in [-0.15, -0.1) is 0 Å². The van der Waals surface area contributed by atoms with Gasteiger partial charge in [0.05, 0.1) is 19.4 Å². The van der Waals surface area contributed by atoms with E-state index in [2.05, 4.69) is 4.98 Å². The van der Waals surface area contributed by atoms with Crippen LogP contribution in [0.2, 0.25) is 0 Å². The van der Waals surface area contributed by atoms with Gasteiger partial charge >= 0.3 is 5.69 Å². The van der Waals surface area contributed by atoms with E-state index < -0.39 is 68.0 Å². The van der Waals surface area contributed by atoms with Crippen LogP contribution in [-0.2, 0) is 9.47 Å². The van der Waals surface area contributed by atoms with Crippen LogP contribution in [-0.4, -0.2) is 96.3 Å². The van der Waals surface area contributed by atoms with Crippen molar-refractivity contribution in [2.24, 2.45) is 0 Å². The van der Waals surface area contributed by atoms with E-state index in [9.17, 15) is 25.2 Å². The fourth-order valence-electron chi connectivity index (χ4n) is 2.99. The number of anilines is 1. The van der Waals surface area contributed by atoms with Gasteiger partial charge in [0.1, 0.15) is 30.5 Å². The highest BCUT2D eigenvalue weighted by Gasteiger charge is 2.46. The quantitative estimate of drug-likeness (QED) is 0.252. The molecule has 0 saturated carbocycles. The minimum absolute atomic E-state index is 0.238. The zero-order valence-corrected chi connectivity index (χ0v) is 13.9. The normalized spacial score (nSPS) is 39.0. The Morgan fingerprint density at radius 3 is 2.26 bits per heavy atom. The van der Waals surface area contributed by atoms with E-state index in [1.165, 1.54) is 0 Å². The van der Waals surface area contributed by atoms with E-state index in [4.69, 9.17) is 30.2 Å². The van der Waals surface area contributed by atoms with Gasteiger partial charge in [-0.05, 0) is 0 Å². The zero-order valence-electron chi connectivity index (χ0n) is 13.9. The monoisotopic (exact) mass is 391 g/mol. The van der Waals surface area contributed by atoms with Gasteiger partial charge in [0.15, 0.2) is 30.2 Å². The number of nitrogens with zero attached hydrogens (tertiary/aromatic N) is 2. The molecule has 0 aromatic carbocycles. The molecular formula is C14H21N3O10. The van der Waals surface area contributed by atoms with Gasteiger partial charge in [0.25, 0.3) is 0 Å². The Morgan fingerprint density at radius 2 is 1.70 bits per heavy atom. The summed E-state index contributed by atoms with van der Waals surface area (Å²) in [6.45, 7) is -1.15. The van der Waals surface area contributed by atoms with Crippen molar-refractivity contribution in [3.63, 3.8) is 0 Å². The second-order valence-corrected chi connectivity index (χ2v) is 6.23. The van der Waals surface area contributed by atoms with Crippen molar-refractivity contribution in [3.05, 3.63) is 16.7 Å². The highest BCUT2D eigenvalue weighted by Crippen LogP contribution is 2.31. The summed E-state index contributed by atoms with van der Waals surface area (Å²) >= 11 is 0. The van der Waals surface area contributed by atoms with Gasteiger partial charge < -0.3 is 50.6 Å². The Kier molecular flexibility index (Phi) is 5.64. The van der Waals surface area contributed by atoms with Crippen LogP contribution in [0.4, 0.5) is 5.82 Å². The predicted molar refractivity (Wildman–Crippen MR) is 84.3 cm³/mol. The van der Waals surface area contributed by atoms with Gasteiger partial charge in [-0.1, -0.05) is 0 Å². The van der Waals surface area contributed by atoms with E-state index in [0.717, 1.165) is 10.8 Å². The summed E-state index contributed by atoms with van der Waals surface area (Å²) in [5.74, 6) is -0.604. The van der Waals surface area contributed by atoms with Crippen LogP contribution in [0, 0.1) is 0 Å². The molecular weight excluding hydrogens is 370 g/mol. The smallest absolute Gasteiger partial charge is 0.351 e. The van der Waals surface area contributed by atoms with Crippen molar-refractivity contribution in [1.82, 2.24) is 9.55 Å². The van der Waals surface area contributed by atoms with E-state index in [0.29, 0.717) is 0 Å². The molecule has 3 rings (SSSR count). The number of hydrogen-bond acceptors (Lipinski definition) is 12. The summed E-state index contributed by atoms with van der Waals surface area (Å²) in [6, 6.07) is 0. The number of rotatable bonds is 5. The SMILES string of the molecule is Nc1nc(=O)n(C2O[C@H](CO)C(O)[C@H]2O)cc1O[C@H]1[C@H](O)[C@@H](CO)O[C@H]1O. The fraction of sp³-hybridized carbons (Fsp3) is 0.714. The Hall–Kier alpha value is -1.84. The van der Waals surface area contributed by atoms with Crippen LogP contribution in [0.15, 0.2) is 11.0 Å². The number of aromatic nitrogens is 2. The van der Waals surface area contributed by atoms with Crippen LogP contribution >= 0.6 is 0 Å². The summed E-state index contributed by atoms with van der Waals surface area (Å²) in [5, 5.41) is 58.0. The van der Waals surface area contributed by atoms with Crippen LogP contribution < -0.4 is 16.2 Å². The largest absolute Gasteiger partial charge is 0.477 e. The summed E-state index contributed by atoms with van der Waals surface area (Å²) in [4.78, 5) is 15.6. The standard InChI is InChI=1S/C14H21N3O10/c15-11-4(25-10-8(21)6(3-19)27-13(10)23)1-17(14(24)16-11)12-9(22)7(20)5(2-18)26-12/h1,5-10,12-13,18-23H,2-3H2,(H2,15,16,24)/t5-,6-,7?,8-,9-,10+,12?,13-/m1/s1. The minimum Gasteiger partial charge on any atom is -0.477 e. The van der Waals surface area contributed by atoms with Gasteiger partial charge in [0.2, 0.25) is 0 Å². The third kappa shape index (κ3) is 3.51.